The smallest absolute Gasteiger partial charge is 0.207 e. The van der Waals surface area contributed by atoms with E-state index in [1.165, 1.54) is 16.4 Å². The lowest BCUT2D eigenvalue weighted by molar-refractivity contribution is 0.466. The summed E-state index contributed by atoms with van der Waals surface area (Å²) in [5.41, 5.74) is 0.937. The SMILES string of the molecule is CN(Cc1ccccc1)S(=O)(=O)c1ccc(Cl)c(Br)c1. The molecule has 0 unspecified atom stereocenters. The lowest BCUT2D eigenvalue weighted by Crippen LogP contribution is -2.26. The Hall–Kier alpha value is -0.880. The van der Waals surface area contributed by atoms with Gasteiger partial charge >= 0.3 is 0 Å². The Balaban J connectivity index is 2.27. The van der Waals surface area contributed by atoms with Crippen LogP contribution in [0.1, 0.15) is 5.56 Å². The van der Waals surface area contributed by atoms with E-state index in [-0.39, 0.29) is 4.90 Å². The fraction of sp³-hybridized carbons (Fsp3) is 0.143. The summed E-state index contributed by atoms with van der Waals surface area (Å²) in [6, 6.07) is 14.0. The van der Waals surface area contributed by atoms with Crippen molar-refractivity contribution in [3.05, 3.63) is 63.6 Å². The van der Waals surface area contributed by atoms with Crippen molar-refractivity contribution in [1.82, 2.24) is 4.31 Å². The largest absolute Gasteiger partial charge is 0.243 e. The quantitative estimate of drug-likeness (QED) is 0.813. The van der Waals surface area contributed by atoms with Crippen molar-refractivity contribution >= 4 is 37.6 Å². The molecule has 2 aromatic carbocycles. The van der Waals surface area contributed by atoms with Crippen molar-refractivity contribution in [2.24, 2.45) is 0 Å². The van der Waals surface area contributed by atoms with Crippen molar-refractivity contribution < 1.29 is 8.42 Å². The highest BCUT2D eigenvalue weighted by Crippen LogP contribution is 2.27. The average Bonchev–Trinajstić information content (AvgIpc) is 2.42. The molecule has 106 valence electrons. The van der Waals surface area contributed by atoms with Crippen LogP contribution in [0.15, 0.2) is 57.9 Å². The third-order valence-electron chi connectivity index (χ3n) is 2.85. The van der Waals surface area contributed by atoms with E-state index in [0.717, 1.165) is 5.56 Å². The molecule has 0 fully saturated rings. The molecule has 20 heavy (non-hydrogen) atoms. The zero-order valence-corrected chi connectivity index (χ0v) is 13.9. The van der Waals surface area contributed by atoms with Crippen LogP contribution < -0.4 is 0 Å². The van der Waals surface area contributed by atoms with Crippen LogP contribution in [0, 0.1) is 0 Å². The molecule has 0 aliphatic carbocycles. The molecule has 0 bridgehead atoms. The second-order valence-electron chi connectivity index (χ2n) is 4.32. The van der Waals surface area contributed by atoms with Gasteiger partial charge in [0.25, 0.3) is 0 Å². The highest BCUT2D eigenvalue weighted by atomic mass is 79.9. The van der Waals surface area contributed by atoms with E-state index in [1.54, 1.807) is 13.1 Å². The summed E-state index contributed by atoms with van der Waals surface area (Å²) in [6.07, 6.45) is 0. The second kappa shape index (κ2) is 6.26. The van der Waals surface area contributed by atoms with Crippen molar-refractivity contribution in [2.45, 2.75) is 11.4 Å². The Morgan fingerprint density at radius 1 is 1.15 bits per heavy atom. The van der Waals surface area contributed by atoms with Crippen LogP contribution in [0.3, 0.4) is 0 Å². The molecule has 0 atom stereocenters. The maximum absolute atomic E-state index is 12.5. The monoisotopic (exact) mass is 373 g/mol. The first-order chi connectivity index (χ1) is 9.41. The van der Waals surface area contributed by atoms with Crippen molar-refractivity contribution in [1.29, 1.82) is 0 Å². The predicted octanol–water partition coefficient (Wildman–Crippen LogP) is 3.92. The van der Waals surface area contributed by atoms with E-state index in [2.05, 4.69) is 15.9 Å². The fourth-order valence-electron chi connectivity index (χ4n) is 1.74. The van der Waals surface area contributed by atoms with Crippen LogP contribution in [0.5, 0.6) is 0 Å². The van der Waals surface area contributed by atoms with E-state index in [4.69, 9.17) is 11.6 Å². The van der Waals surface area contributed by atoms with Crippen molar-refractivity contribution in [3.8, 4) is 0 Å². The van der Waals surface area contributed by atoms with Crippen molar-refractivity contribution in [3.63, 3.8) is 0 Å². The number of hydrogen-bond donors (Lipinski definition) is 0. The maximum Gasteiger partial charge on any atom is 0.243 e. The minimum atomic E-state index is -3.53. The summed E-state index contributed by atoms with van der Waals surface area (Å²) < 4.78 is 26.8. The Morgan fingerprint density at radius 2 is 1.80 bits per heavy atom. The lowest BCUT2D eigenvalue weighted by Gasteiger charge is -2.17. The minimum absolute atomic E-state index is 0.215. The number of benzene rings is 2. The molecule has 6 heteroatoms. The summed E-state index contributed by atoms with van der Waals surface area (Å²) in [6.45, 7) is 0.323. The van der Waals surface area contributed by atoms with Crippen LogP contribution >= 0.6 is 27.5 Å². The van der Waals surface area contributed by atoms with Gasteiger partial charge in [0.15, 0.2) is 0 Å². The number of nitrogens with zero attached hydrogens (tertiary/aromatic N) is 1. The molecule has 3 nitrogen and oxygen atoms in total. The van der Waals surface area contributed by atoms with Gasteiger partial charge in [-0.15, -0.1) is 0 Å². The Morgan fingerprint density at radius 3 is 2.40 bits per heavy atom. The zero-order chi connectivity index (χ0) is 14.8. The summed E-state index contributed by atoms with van der Waals surface area (Å²) in [7, 11) is -1.97. The molecule has 0 amide bonds. The fourth-order valence-corrected chi connectivity index (χ4v) is 3.58. The third-order valence-corrected chi connectivity index (χ3v) is 5.86. The van der Waals surface area contributed by atoms with Crippen LogP contribution in [0.2, 0.25) is 5.02 Å². The molecular weight excluding hydrogens is 362 g/mol. The molecule has 2 rings (SSSR count). The first-order valence-corrected chi connectivity index (χ1v) is 8.47. The van der Waals surface area contributed by atoms with Crippen LogP contribution in [0.4, 0.5) is 0 Å². The molecule has 0 aliphatic rings. The highest BCUT2D eigenvalue weighted by Gasteiger charge is 2.21. The van der Waals surface area contributed by atoms with Gasteiger partial charge in [0.05, 0.1) is 9.92 Å². The van der Waals surface area contributed by atoms with Gasteiger partial charge in [0.1, 0.15) is 0 Å². The number of hydrogen-bond acceptors (Lipinski definition) is 2. The van der Waals surface area contributed by atoms with Gasteiger partial charge in [-0.3, -0.25) is 0 Å². The van der Waals surface area contributed by atoms with E-state index < -0.39 is 10.0 Å². The molecule has 0 aromatic heterocycles. The summed E-state index contributed by atoms with van der Waals surface area (Å²) >= 11 is 9.12. The van der Waals surface area contributed by atoms with E-state index >= 15 is 0 Å². The Bertz CT molecular complexity index is 704. The Labute approximate surface area is 132 Å². The third kappa shape index (κ3) is 3.41. The molecule has 0 N–H and O–H groups in total. The van der Waals surface area contributed by atoms with Gasteiger partial charge < -0.3 is 0 Å². The molecule has 0 aliphatic heterocycles. The number of halogens is 2. The maximum atomic E-state index is 12.5. The van der Waals surface area contributed by atoms with Gasteiger partial charge in [-0.2, -0.15) is 4.31 Å². The number of sulfonamides is 1. The van der Waals surface area contributed by atoms with Crippen molar-refractivity contribution in [2.75, 3.05) is 7.05 Å². The Kier molecular flexibility index (Phi) is 4.86. The van der Waals surface area contributed by atoms with Gasteiger partial charge in [-0.1, -0.05) is 41.9 Å². The highest BCUT2D eigenvalue weighted by molar-refractivity contribution is 9.10. The van der Waals surface area contributed by atoms with E-state index in [0.29, 0.717) is 16.0 Å². The molecule has 0 saturated heterocycles. The molecule has 0 saturated carbocycles. The normalized spacial score (nSPS) is 11.8. The zero-order valence-electron chi connectivity index (χ0n) is 10.8. The summed E-state index contributed by atoms with van der Waals surface area (Å²) in [5, 5.41) is 0.481. The molecule has 0 heterocycles. The standard InChI is InChI=1S/C14H13BrClNO2S/c1-17(10-11-5-3-2-4-6-11)20(18,19)12-7-8-14(16)13(15)9-12/h2-9H,10H2,1H3. The van der Waals surface area contributed by atoms with Gasteiger partial charge in [0.2, 0.25) is 10.0 Å². The molecular formula is C14H13BrClNO2S. The first kappa shape index (κ1) is 15.5. The molecule has 0 spiro atoms. The van der Waals surface area contributed by atoms with Crippen LogP contribution in [-0.4, -0.2) is 19.8 Å². The predicted molar refractivity (Wildman–Crippen MR) is 84.2 cm³/mol. The first-order valence-electron chi connectivity index (χ1n) is 5.86. The van der Waals surface area contributed by atoms with Gasteiger partial charge in [-0.25, -0.2) is 8.42 Å². The van der Waals surface area contributed by atoms with Crippen LogP contribution in [0.25, 0.3) is 0 Å². The van der Waals surface area contributed by atoms with Gasteiger partial charge in [-0.05, 0) is 39.7 Å². The second-order valence-corrected chi connectivity index (χ2v) is 7.63. The lowest BCUT2D eigenvalue weighted by atomic mass is 10.2. The average molecular weight is 375 g/mol. The molecule has 2 aromatic rings. The van der Waals surface area contributed by atoms with Gasteiger partial charge in [0, 0.05) is 18.1 Å². The van der Waals surface area contributed by atoms with E-state index in [1.807, 2.05) is 30.3 Å². The summed E-state index contributed by atoms with van der Waals surface area (Å²) in [4.78, 5) is 0.215. The molecule has 0 radical (unpaired) electrons. The van der Waals surface area contributed by atoms with Crippen LogP contribution in [-0.2, 0) is 16.6 Å². The number of rotatable bonds is 4. The topological polar surface area (TPSA) is 37.4 Å². The minimum Gasteiger partial charge on any atom is -0.207 e. The summed E-state index contributed by atoms with van der Waals surface area (Å²) in [5.74, 6) is 0. The van der Waals surface area contributed by atoms with E-state index in [9.17, 15) is 8.42 Å².